The highest BCUT2D eigenvalue weighted by atomic mass is 16.5. The van der Waals surface area contributed by atoms with Crippen molar-refractivity contribution in [3.63, 3.8) is 0 Å². The quantitative estimate of drug-likeness (QED) is 0.765. The molecule has 0 N–H and O–H groups in total. The Morgan fingerprint density at radius 3 is 2.06 bits per heavy atom. The van der Waals surface area contributed by atoms with Gasteiger partial charge in [0.15, 0.2) is 5.78 Å². The molecule has 0 atom stereocenters. The van der Waals surface area contributed by atoms with Crippen LogP contribution in [0.3, 0.4) is 0 Å². The fraction of sp³-hybridized carbons (Fsp3) is 0.467. The molecular weight excluding hydrogens is 228 g/mol. The minimum absolute atomic E-state index is 0.0870. The van der Waals surface area contributed by atoms with Crippen molar-refractivity contribution in [2.24, 2.45) is 0 Å². The van der Waals surface area contributed by atoms with Crippen molar-refractivity contribution >= 4 is 5.78 Å². The minimum Gasteiger partial charge on any atom is -0.496 e. The third kappa shape index (κ3) is 2.50. The number of carbonyl (C=O) groups excluding carboxylic acids is 1. The SMILES string of the molecule is COc1cccc(OC)c1C(=O)[C]1CCCCC1. The maximum Gasteiger partial charge on any atom is 0.177 e. The summed E-state index contributed by atoms with van der Waals surface area (Å²) in [5, 5.41) is 0. The lowest BCUT2D eigenvalue weighted by atomic mass is 9.83. The van der Waals surface area contributed by atoms with Crippen LogP contribution >= 0.6 is 0 Å². The van der Waals surface area contributed by atoms with Gasteiger partial charge in [-0.05, 0) is 25.0 Å². The topological polar surface area (TPSA) is 35.5 Å². The predicted octanol–water partition coefficient (Wildman–Crippen LogP) is 3.43. The summed E-state index contributed by atoms with van der Waals surface area (Å²) in [4.78, 5) is 12.6. The molecular formula is C15H19O3. The molecule has 0 aromatic heterocycles. The summed E-state index contributed by atoms with van der Waals surface area (Å²) in [6.07, 6.45) is 5.25. The molecule has 1 aliphatic carbocycles. The zero-order chi connectivity index (χ0) is 13.0. The number of rotatable bonds is 4. The first-order valence-electron chi connectivity index (χ1n) is 6.38. The van der Waals surface area contributed by atoms with Crippen LogP contribution in [0.1, 0.15) is 42.5 Å². The number of hydrogen-bond donors (Lipinski definition) is 0. The van der Waals surface area contributed by atoms with Crippen molar-refractivity contribution in [3.05, 3.63) is 29.7 Å². The number of methoxy groups -OCH3 is 2. The van der Waals surface area contributed by atoms with Crippen LogP contribution in [0.2, 0.25) is 0 Å². The van der Waals surface area contributed by atoms with E-state index in [0.717, 1.165) is 31.6 Å². The molecule has 2 rings (SSSR count). The number of Topliss-reactive ketones (excluding diaryl/α,β-unsaturated/α-hetero) is 1. The first-order valence-corrected chi connectivity index (χ1v) is 6.38. The molecule has 0 aliphatic heterocycles. The van der Waals surface area contributed by atoms with E-state index in [9.17, 15) is 4.79 Å². The number of ketones is 1. The standard InChI is InChI=1S/C15H19O3/c1-17-12-9-6-10-13(18-2)14(12)15(16)11-7-4-3-5-8-11/h6,9-10H,3-5,7-8H2,1-2H3. The van der Waals surface area contributed by atoms with Crippen LogP contribution in [0.25, 0.3) is 0 Å². The normalized spacial score (nSPS) is 16.3. The van der Waals surface area contributed by atoms with Crippen LogP contribution in [0.5, 0.6) is 11.5 Å². The number of ether oxygens (including phenoxy) is 2. The van der Waals surface area contributed by atoms with Crippen LogP contribution < -0.4 is 9.47 Å². The highest BCUT2D eigenvalue weighted by Gasteiger charge is 2.28. The van der Waals surface area contributed by atoms with Crippen LogP contribution in [-0.2, 0) is 0 Å². The zero-order valence-electron chi connectivity index (χ0n) is 11.0. The van der Waals surface area contributed by atoms with Crippen molar-refractivity contribution < 1.29 is 14.3 Å². The maximum absolute atomic E-state index is 12.6. The van der Waals surface area contributed by atoms with Gasteiger partial charge in [0.1, 0.15) is 17.1 Å². The Kier molecular flexibility index (Phi) is 4.24. The highest BCUT2D eigenvalue weighted by molar-refractivity contribution is 6.10. The molecule has 1 aliphatic rings. The Labute approximate surface area is 108 Å². The second kappa shape index (κ2) is 5.89. The highest BCUT2D eigenvalue weighted by Crippen LogP contribution is 2.35. The average Bonchev–Trinajstić information content (AvgIpc) is 2.46. The second-order valence-electron chi connectivity index (χ2n) is 4.53. The lowest BCUT2D eigenvalue weighted by Crippen LogP contribution is -2.17. The molecule has 3 heteroatoms. The van der Waals surface area contributed by atoms with E-state index in [1.807, 2.05) is 6.07 Å². The Hall–Kier alpha value is -1.51. The molecule has 0 bridgehead atoms. The third-order valence-electron chi connectivity index (χ3n) is 3.43. The molecule has 0 spiro atoms. The van der Waals surface area contributed by atoms with Gasteiger partial charge >= 0.3 is 0 Å². The molecule has 1 aromatic rings. The van der Waals surface area contributed by atoms with Crippen LogP contribution in [0.4, 0.5) is 0 Å². The lowest BCUT2D eigenvalue weighted by Gasteiger charge is -2.21. The molecule has 1 saturated carbocycles. The van der Waals surface area contributed by atoms with E-state index in [1.54, 1.807) is 26.4 Å². The van der Waals surface area contributed by atoms with Crippen molar-refractivity contribution in [2.75, 3.05) is 14.2 Å². The van der Waals surface area contributed by atoms with Gasteiger partial charge in [-0.15, -0.1) is 0 Å². The second-order valence-corrected chi connectivity index (χ2v) is 4.53. The van der Waals surface area contributed by atoms with Crippen molar-refractivity contribution in [2.45, 2.75) is 32.1 Å². The molecule has 0 unspecified atom stereocenters. The number of carbonyl (C=O) groups is 1. The van der Waals surface area contributed by atoms with Gasteiger partial charge in [0, 0.05) is 5.92 Å². The molecule has 0 saturated heterocycles. The molecule has 3 nitrogen and oxygen atoms in total. The summed E-state index contributed by atoms with van der Waals surface area (Å²) in [5.74, 6) is 2.28. The Bertz CT molecular complexity index is 397. The van der Waals surface area contributed by atoms with Gasteiger partial charge in [-0.1, -0.05) is 25.3 Å². The Balaban J connectivity index is 2.32. The smallest absolute Gasteiger partial charge is 0.177 e. The molecule has 18 heavy (non-hydrogen) atoms. The molecule has 97 valence electrons. The van der Waals surface area contributed by atoms with E-state index in [4.69, 9.17) is 9.47 Å². The summed E-state index contributed by atoms with van der Waals surface area (Å²) in [5.41, 5.74) is 0.569. The Morgan fingerprint density at radius 1 is 1.00 bits per heavy atom. The van der Waals surface area contributed by atoms with Crippen LogP contribution in [0.15, 0.2) is 18.2 Å². The van der Waals surface area contributed by atoms with E-state index in [0.29, 0.717) is 17.1 Å². The van der Waals surface area contributed by atoms with Gasteiger partial charge in [-0.3, -0.25) is 4.79 Å². The summed E-state index contributed by atoms with van der Waals surface area (Å²) < 4.78 is 10.6. The van der Waals surface area contributed by atoms with Gasteiger partial charge in [0.2, 0.25) is 0 Å². The fourth-order valence-corrected chi connectivity index (χ4v) is 2.46. The largest absolute Gasteiger partial charge is 0.496 e. The first-order chi connectivity index (χ1) is 8.77. The molecule has 0 amide bonds. The van der Waals surface area contributed by atoms with E-state index < -0.39 is 0 Å². The maximum atomic E-state index is 12.6. The van der Waals surface area contributed by atoms with Crippen molar-refractivity contribution in [1.29, 1.82) is 0 Å². The van der Waals surface area contributed by atoms with E-state index in [2.05, 4.69) is 0 Å². The van der Waals surface area contributed by atoms with Gasteiger partial charge < -0.3 is 9.47 Å². The summed E-state index contributed by atoms with van der Waals surface area (Å²) in [7, 11) is 3.16. The minimum atomic E-state index is 0.0870. The Morgan fingerprint density at radius 2 is 1.56 bits per heavy atom. The number of benzene rings is 1. The van der Waals surface area contributed by atoms with E-state index >= 15 is 0 Å². The van der Waals surface area contributed by atoms with Crippen LogP contribution in [0, 0.1) is 5.92 Å². The molecule has 0 heterocycles. The third-order valence-corrected chi connectivity index (χ3v) is 3.43. The van der Waals surface area contributed by atoms with Crippen LogP contribution in [-0.4, -0.2) is 20.0 Å². The van der Waals surface area contributed by atoms with Gasteiger partial charge in [0.25, 0.3) is 0 Å². The summed E-state index contributed by atoms with van der Waals surface area (Å²) in [6.45, 7) is 0. The number of hydrogen-bond acceptors (Lipinski definition) is 3. The molecule has 1 fully saturated rings. The van der Waals surface area contributed by atoms with Gasteiger partial charge in [0.05, 0.1) is 14.2 Å². The van der Waals surface area contributed by atoms with E-state index in [1.165, 1.54) is 6.42 Å². The zero-order valence-corrected chi connectivity index (χ0v) is 11.0. The lowest BCUT2D eigenvalue weighted by molar-refractivity contribution is 0.0983. The summed E-state index contributed by atoms with van der Waals surface area (Å²) >= 11 is 0. The van der Waals surface area contributed by atoms with E-state index in [-0.39, 0.29) is 5.78 Å². The average molecular weight is 247 g/mol. The predicted molar refractivity (Wildman–Crippen MR) is 70.2 cm³/mol. The monoisotopic (exact) mass is 247 g/mol. The molecule has 1 aromatic carbocycles. The van der Waals surface area contributed by atoms with Gasteiger partial charge in [-0.25, -0.2) is 0 Å². The van der Waals surface area contributed by atoms with Gasteiger partial charge in [-0.2, -0.15) is 0 Å². The van der Waals surface area contributed by atoms with Crippen molar-refractivity contribution in [1.82, 2.24) is 0 Å². The van der Waals surface area contributed by atoms with Crippen molar-refractivity contribution in [3.8, 4) is 11.5 Å². The summed E-state index contributed by atoms with van der Waals surface area (Å²) in [6, 6.07) is 5.44. The fourth-order valence-electron chi connectivity index (χ4n) is 2.46. The molecule has 1 radical (unpaired) electrons. The first kappa shape index (κ1) is 12.9.